The van der Waals surface area contributed by atoms with E-state index in [4.69, 9.17) is 0 Å². The summed E-state index contributed by atoms with van der Waals surface area (Å²) >= 11 is 0. The number of likely N-dealkylation sites (tertiary alicyclic amines) is 1. The first-order valence-corrected chi connectivity index (χ1v) is 6.27. The minimum atomic E-state index is -0.138. The van der Waals surface area contributed by atoms with Crippen LogP contribution in [-0.2, 0) is 6.54 Å². The van der Waals surface area contributed by atoms with Crippen LogP contribution in [-0.4, -0.2) is 29.7 Å². The van der Waals surface area contributed by atoms with Gasteiger partial charge >= 0.3 is 0 Å². The van der Waals surface area contributed by atoms with Crippen LogP contribution in [0.5, 0.6) is 0 Å². The number of benzene rings is 1. The van der Waals surface area contributed by atoms with Gasteiger partial charge in [0.05, 0.1) is 0 Å². The highest BCUT2D eigenvalue weighted by Crippen LogP contribution is 2.19. The molecule has 1 fully saturated rings. The van der Waals surface area contributed by atoms with Gasteiger partial charge in [-0.05, 0) is 49.4 Å². The smallest absolute Gasteiger partial charge is 0.126 e. The van der Waals surface area contributed by atoms with Crippen molar-refractivity contribution in [2.75, 3.05) is 19.7 Å². The van der Waals surface area contributed by atoms with Crippen LogP contribution in [0.4, 0.5) is 4.39 Å². The molecule has 1 aromatic rings. The highest BCUT2D eigenvalue weighted by atomic mass is 19.1. The van der Waals surface area contributed by atoms with Gasteiger partial charge < -0.3 is 5.11 Å². The van der Waals surface area contributed by atoms with E-state index < -0.39 is 0 Å². The molecular formula is C14H20FNO. The topological polar surface area (TPSA) is 23.5 Å². The van der Waals surface area contributed by atoms with Gasteiger partial charge in [0.2, 0.25) is 0 Å². The van der Waals surface area contributed by atoms with Gasteiger partial charge in [0.25, 0.3) is 0 Å². The summed E-state index contributed by atoms with van der Waals surface area (Å²) in [7, 11) is 0. The van der Waals surface area contributed by atoms with Crippen LogP contribution >= 0.6 is 0 Å². The number of hydrogen-bond acceptors (Lipinski definition) is 2. The Morgan fingerprint density at radius 3 is 3.00 bits per heavy atom. The SMILES string of the molecule is Cc1cc(CN2CCCC(CO)C2)ccc1F. The molecule has 1 aromatic carbocycles. The summed E-state index contributed by atoms with van der Waals surface area (Å²) in [5.74, 6) is 0.269. The minimum Gasteiger partial charge on any atom is -0.396 e. The molecule has 2 rings (SSSR count). The average Bonchev–Trinajstić information content (AvgIpc) is 2.34. The highest BCUT2D eigenvalue weighted by Gasteiger charge is 2.19. The van der Waals surface area contributed by atoms with E-state index in [0.29, 0.717) is 11.5 Å². The summed E-state index contributed by atoms with van der Waals surface area (Å²) in [6.07, 6.45) is 2.26. The molecule has 3 heteroatoms. The Bertz CT molecular complexity index is 380. The summed E-state index contributed by atoms with van der Waals surface area (Å²) in [5.41, 5.74) is 1.86. The van der Waals surface area contributed by atoms with Crippen molar-refractivity contribution in [3.63, 3.8) is 0 Å². The van der Waals surface area contributed by atoms with Gasteiger partial charge in [0.1, 0.15) is 5.82 Å². The Morgan fingerprint density at radius 2 is 2.29 bits per heavy atom. The van der Waals surface area contributed by atoms with Crippen LogP contribution in [0.2, 0.25) is 0 Å². The van der Waals surface area contributed by atoms with Crippen molar-refractivity contribution >= 4 is 0 Å². The van der Waals surface area contributed by atoms with Crippen LogP contribution in [0.1, 0.15) is 24.0 Å². The molecule has 0 radical (unpaired) electrons. The lowest BCUT2D eigenvalue weighted by Crippen LogP contribution is -2.36. The molecule has 0 aliphatic carbocycles. The molecule has 1 aliphatic heterocycles. The molecular weight excluding hydrogens is 217 g/mol. The summed E-state index contributed by atoms with van der Waals surface area (Å²) < 4.78 is 13.1. The van der Waals surface area contributed by atoms with Gasteiger partial charge in [-0.15, -0.1) is 0 Å². The molecule has 1 saturated heterocycles. The highest BCUT2D eigenvalue weighted by molar-refractivity contribution is 5.23. The fraction of sp³-hybridized carbons (Fsp3) is 0.571. The number of aliphatic hydroxyl groups excluding tert-OH is 1. The van der Waals surface area contributed by atoms with Gasteiger partial charge in [-0.1, -0.05) is 12.1 Å². The fourth-order valence-electron chi connectivity index (χ4n) is 2.51. The maximum Gasteiger partial charge on any atom is 0.126 e. The summed E-state index contributed by atoms with van der Waals surface area (Å²) in [5, 5.41) is 9.18. The predicted octanol–water partition coefficient (Wildman–Crippen LogP) is 2.34. The summed E-state index contributed by atoms with van der Waals surface area (Å²) in [6, 6.07) is 5.31. The Hall–Kier alpha value is -0.930. The second-order valence-electron chi connectivity index (χ2n) is 5.01. The Balaban J connectivity index is 1.97. The lowest BCUT2D eigenvalue weighted by atomic mass is 9.98. The van der Waals surface area contributed by atoms with Crippen molar-refractivity contribution in [3.8, 4) is 0 Å². The fourth-order valence-corrected chi connectivity index (χ4v) is 2.51. The second-order valence-corrected chi connectivity index (χ2v) is 5.01. The zero-order valence-corrected chi connectivity index (χ0v) is 10.3. The molecule has 1 aliphatic rings. The second kappa shape index (κ2) is 5.61. The molecule has 2 nitrogen and oxygen atoms in total. The van der Waals surface area contributed by atoms with Crippen molar-refractivity contribution in [3.05, 3.63) is 35.1 Å². The van der Waals surface area contributed by atoms with Crippen molar-refractivity contribution < 1.29 is 9.50 Å². The number of piperidine rings is 1. The first-order chi connectivity index (χ1) is 8.19. The normalized spacial score (nSPS) is 21.7. The third kappa shape index (κ3) is 3.27. The van der Waals surface area contributed by atoms with E-state index in [9.17, 15) is 9.50 Å². The zero-order valence-electron chi connectivity index (χ0n) is 10.3. The van der Waals surface area contributed by atoms with E-state index in [-0.39, 0.29) is 12.4 Å². The molecule has 1 unspecified atom stereocenters. The maximum absolute atomic E-state index is 13.1. The average molecular weight is 237 g/mol. The predicted molar refractivity (Wildman–Crippen MR) is 66.2 cm³/mol. The molecule has 1 N–H and O–H groups in total. The van der Waals surface area contributed by atoms with E-state index >= 15 is 0 Å². The van der Waals surface area contributed by atoms with E-state index in [1.54, 1.807) is 6.92 Å². The van der Waals surface area contributed by atoms with Crippen LogP contribution in [0.15, 0.2) is 18.2 Å². The lowest BCUT2D eigenvalue weighted by Gasteiger charge is -2.31. The molecule has 94 valence electrons. The van der Waals surface area contributed by atoms with E-state index in [2.05, 4.69) is 4.90 Å². The standard InChI is InChI=1S/C14H20FNO/c1-11-7-12(4-5-14(11)15)8-16-6-2-3-13(9-16)10-17/h4-5,7,13,17H,2-3,6,8-10H2,1H3. The van der Waals surface area contributed by atoms with Crippen LogP contribution in [0.25, 0.3) is 0 Å². The van der Waals surface area contributed by atoms with Gasteiger partial charge in [-0.25, -0.2) is 4.39 Å². The van der Waals surface area contributed by atoms with Gasteiger partial charge in [0.15, 0.2) is 0 Å². The first kappa shape index (κ1) is 12.5. The number of halogens is 1. The third-order valence-electron chi connectivity index (χ3n) is 3.49. The van der Waals surface area contributed by atoms with Crippen LogP contribution in [0, 0.1) is 18.7 Å². The van der Waals surface area contributed by atoms with Gasteiger partial charge in [-0.2, -0.15) is 0 Å². The van der Waals surface area contributed by atoms with Gasteiger partial charge in [0, 0.05) is 19.7 Å². The number of nitrogens with zero attached hydrogens (tertiary/aromatic N) is 1. The largest absolute Gasteiger partial charge is 0.396 e. The number of hydrogen-bond donors (Lipinski definition) is 1. The van der Waals surface area contributed by atoms with Crippen molar-refractivity contribution in [2.45, 2.75) is 26.3 Å². The van der Waals surface area contributed by atoms with Crippen molar-refractivity contribution in [2.24, 2.45) is 5.92 Å². The molecule has 1 atom stereocenters. The molecule has 0 bridgehead atoms. The third-order valence-corrected chi connectivity index (χ3v) is 3.49. The summed E-state index contributed by atoms with van der Waals surface area (Å²) in [4.78, 5) is 2.34. The molecule has 1 heterocycles. The van der Waals surface area contributed by atoms with E-state index in [1.807, 2.05) is 12.1 Å². The van der Waals surface area contributed by atoms with Crippen LogP contribution in [0.3, 0.4) is 0 Å². The summed E-state index contributed by atoms with van der Waals surface area (Å²) in [6.45, 7) is 4.96. The molecule has 0 amide bonds. The Labute approximate surface area is 102 Å². The number of rotatable bonds is 3. The van der Waals surface area contributed by atoms with Crippen molar-refractivity contribution in [1.82, 2.24) is 4.90 Å². The molecule has 0 aromatic heterocycles. The number of aryl methyl sites for hydroxylation is 1. The zero-order chi connectivity index (χ0) is 12.3. The minimum absolute atomic E-state index is 0.138. The van der Waals surface area contributed by atoms with E-state index in [1.165, 1.54) is 6.07 Å². The molecule has 17 heavy (non-hydrogen) atoms. The number of aliphatic hydroxyl groups is 1. The monoisotopic (exact) mass is 237 g/mol. The van der Waals surface area contributed by atoms with E-state index in [0.717, 1.165) is 38.0 Å². The molecule has 0 spiro atoms. The Morgan fingerprint density at radius 1 is 1.47 bits per heavy atom. The van der Waals surface area contributed by atoms with Crippen molar-refractivity contribution in [1.29, 1.82) is 0 Å². The lowest BCUT2D eigenvalue weighted by molar-refractivity contribution is 0.116. The first-order valence-electron chi connectivity index (χ1n) is 6.27. The quantitative estimate of drug-likeness (QED) is 0.872. The van der Waals surface area contributed by atoms with Crippen LogP contribution < -0.4 is 0 Å². The maximum atomic E-state index is 13.1. The molecule has 0 saturated carbocycles. The Kier molecular flexibility index (Phi) is 4.13. The van der Waals surface area contributed by atoms with Gasteiger partial charge in [-0.3, -0.25) is 4.90 Å².